The molecule has 1 heterocycles. The first-order valence-electron chi connectivity index (χ1n) is 5.63. The molecule has 5 heteroatoms. The van der Waals surface area contributed by atoms with Crippen molar-refractivity contribution >= 4 is 11.9 Å². The second kappa shape index (κ2) is 4.42. The second-order valence-electron chi connectivity index (χ2n) is 4.49. The molecule has 1 aromatic carbocycles. The lowest BCUT2D eigenvalue weighted by atomic mass is 9.90. The minimum absolute atomic E-state index is 0.0187. The molecule has 1 saturated heterocycles. The Labute approximate surface area is 104 Å². The number of aromatic carboxylic acids is 2. The molecule has 0 aliphatic carbocycles. The Hall–Kier alpha value is -1.88. The van der Waals surface area contributed by atoms with E-state index < -0.39 is 11.9 Å². The monoisotopic (exact) mass is 250 g/mol. The molecule has 18 heavy (non-hydrogen) atoms. The zero-order chi connectivity index (χ0) is 13.4. The molecule has 0 spiro atoms. The summed E-state index contributed by atoms with van der Waals surface area (Å²) in [4.78, 5) is 22.5. The summed E-state index contributed by atoms with van der Waals surface area (Å²) in [6, 6.07) is 1.42. The fourth-order valence-corrected chi connectivity index (χ4v) is 2.07. The minimum Gasteiger partial charge on any atom is -0.478 e. The van der Waals surface area contributed by atoms with Crippen LogP contribution in [0.2, 0.25) is 0 Å². The molecule has 1 fully saturated rings. The van der Waals surface area contributed by atoms with Gasteiger partial charge >= 0.3 is 11.9 Å². The van der Waals surface area contributed by atoms with E-state index in [2.05, 4.69) is 0 Å². The van der Waals surface area contributed by atoms with E-state index in [1.54, 1.807) is 6.92 Å². The van der Waals surface area contributed by atoms with Gasteiger partial charge in [-0.1, -0.05) is 0 Å². The van der Waals surface area contributed by atoms with Crippen LogP contribution in [0.25, 0.3) is 0 Å². The van der Waals surface area contributed by atoms with Gasteiger partial charge in [0, 0.05) is 6.42 Å². The molecule has 0 aromatic heterocycles. The van der Waals surface area contributed by atoms with Crippen molar-refractivity contribution in [1.82, 2.24) is 0 Å². The summed E-state index contributed by atoms with van der Waals surface area (Å²) < 4.78 is 5.10. The highest BCUT2D eigenvalue weighted by Crippen LogP contribution is 2.27. The van der Waals surface area contributed by atoms with E-state index in [4.69, 9.17) is 9.84 Å². The van der Waals surface area contributed by atoms with Crippen LogP contribution in [0.4, 0.5) is 0 Å². The maximum atomic E-state index is 11.3. The number of carboxylic acids is 2. The third-order valence-corrected chi connectivity index (χ3v) is 3.25. The number of epoxide rings is 1. The Morgan fingerprint density at radius 2 is 1.94 bits per heavy atom. The number of aryl methyl sites for hydroxylation is 1. The predicted octanol–water partition coefficient (Wildman–Crippen LogP) is 1.64. The van der Waals surface area contributed by atoms with Crippen LogP contribution < -0.4 is 0 Å². The van der Waals surface area contributed by atoms with Gasteiger partial charge in [0.25, 0.3) is 0 Å². The van der Waals surface area contributed by atoms with Gasteiger partial charge in [-0.25, -0.2) is 9.59 Å². The van der Waals surface area contributed by atoms with Gasteiger partial charge in [0.2, 0.25) is 0 Å². The number of carbonyl (C=O) groups is 2. The van der Waals surface area contributed by atoms with Gasteiger partial charge in [-0.2, -0.15) is 0 Å². The van der Waals surface area contributed by atoms with Crippen LogP contribution in [0.15, 0.2) is 6.07 Å². The fraction of sp³-hybridized carbons (Fsp3) is 0.385. The van der Waals surface area contributed by atoms with Crippen LogP contribution in [0.5, 0.6) is 0 Å². The van der Waals surface area contributed by atoms with E-state index in [0.717, 1.165) is 11.1 Å². The van der Waals surface area contributed by atoms with Crippen LogP contribution in [0.1, 0.15) is 37.4 Å². The third kappa shape index (κ3) is 2.22. The average Bonchev–Trinajstić information content (AvgIpc) is 3.07. The molecule has 2 rings (SSSR count). The third-order valence-electron chi connectivity index (χ3n) is 3.25. The zero-order valence-electron chi connectivity index (χ0n) is 10.2. The van der Waals surface area contributed by atoms with Crippen molar-refractivity contribution < 1.29 is 24.5 Å². The van der Waals surface area contributed by atoms with Gasteiger partial charge in [0.15, 0.2) is 0 Å². The quantitative estimate of drug-likeness (QED) is 0.793. The van der Waals surface area contributed by atoms with Crippen molar-refractivity contribution in [3.63, 3.8) is 0 Å². The van der Waals surface area contributed by atoms with Crippen molar-refractivity contribution in [1.29, 1.82) is 0 Å². The van der Waals surface area contributed by atoms with Crippen LogP contribution in [0.3, 0.4) is 0 Å². The smallest absolute Gasteiger partial charge is 0.336 e. The van der Waals surface area contributed by atoms with E-state index in [1.165, 1.54) is 6.07 Å². The number of carboxylic acid groups (broad SMARTS) is 2. The number of hydrogen-bond donors (Lipinski definition) is 2. The summed E-state index contributed by atoms with van der Waals surface area (Å²) in [6.45, 7) is 4.20. The molecule has 96 valence electrons. The maximum Gasteiger partial charge on any atom is 0.336 e. The molecule has 5 nitrogen and oxygen atoms in total. The lowest BCUT2D eigenvalue weighted by Gasteiger charge is -2.14. The Morgan fingerprint density at radius 1 is 1.33 bits per heavy atom. The van der Waals surface area contributed by atoms with Gasteiger partial charge in [0.1, 0.15) is 0 Å². The Morgan fingerprint density at radius 3 is 2.39 bits per heavy atom. The predicted molar refractivity (Wildman–Crippen MR) is 63.3 cm³/mol. The highest BCUT2D eigenvalue weighted by molar-refractivity contribution is 6.03. The van der Waals surface area contributed by atoms with E-state index in [1.807, 2.05) is 6.92 Å². The van der Waals surface area contributed by atoms with Crippen LogP contribution in [-0.4, -0.2) is 34.9 Å². The highest BCUT2D eigenvalue weighted by Gasteiger charge is 2.29. The lowest BCUT2D eigenvalue weighted by molar-refractivity contribution is 0.0650. The number of hydrogen-bond acceptors (Lipinski definition) is 3. The van der Waals surface area contributed by atoms with Crippen LogP contribution >= 0.6 is 0 Å². The highest BCUT2D eigenvalue weighted by atomic mass is 16.6. The Balaban J connectivity index is 2.64. The normalized spacial score (nSPS) is 17.6. The molecule has 1 aliphatic heterocycles. The first-order chi connectivity index (χ1) is 8.41. The first kappa shape index (κ1) is 12.6. The molecule has 0 amide bonds. The minimum atomic E-state index is -1.21. The van der Waals surface area contributed by atoms with Gasteiger partial charge in [0.05, 0.1) is 23.8 Å². The van der Waals surface area contributed by atoms with Crippen molar-refractivity contribution in [2.75, 3.05) is 6.61 Å². The lowest BCUT2D eigenvalue weighted by Crippen LogP contribution is -2.15. The molecule has 0 radical (unpaired) electrons. The molecule has 0 saturated carbocycles. The topological polar surface area (TPSA) is 87.1 Å². The van der Waals surface area contributed by atoms with E-state index >= 15 is 0 Å². The summed E-state index contributed by atoms with van der Waals surface area (Å²) in [5.74, 6) is -2.42. The largest absolute Gasteiger partial charge is 0.478 e. The molecule has 2 N–H and O–H groups in total. The molecule has 0 bridgehead atoms. The maximum absolute atomic E-state index is 11.3. The Kier molecular flexibility index (Phi) is 3.09. The van der Waals surface area contributed by atoms with Gasteiger partial charge in [-0.3, -0.25) is 0 Å². The molecular formula is C13H14O5. The number of ether oxygens (including phenoxy) is 1. The molecule has 1 aromatic rings. The van der Waals surface area contributed by atoms with E-state index in [-0.39, 0.29) is 17.2 Å². The zero-order valence-corrected chi connectivity index (χ0v) is 10.2. The summed E-state index contributed by atoms with van der Waals surface area (Å²) >= 11 is 0. The van der Waals surface area contributed by atoms with Gasteiger partial charge in [-0.05, 0) is 36.6 Å². The van der Waals surface area contributed by atoms with E-state index in [9.17, 15) is 14.7 Å². The summed E-state index contributed by atoms with van der Waals surface area (Å²) in [5, 5.41) is 18.3. The molecule has 1 atom stereocenters. The number of rotatable bonds is 4. The van der Waals surface area contributed by atoms with Crippen LogP contribution in [0, 0.1) is 13.8 Å². The van der Waals surface area contributed by atoms with Crippen molar-refractivity contribution in [2.45, 2.75) is 26.4 Å². The van der Waals surface area contributed by atoms with Crippen LogP contribution in [-0.2, 0) is 11.2 Å². The SMILES string of the molecule is Cc1cc(C(=O)O)c(C(=O)O)c(CC2CO2)c1C. The van der Waals surface area contributed by atoms with Crippen molar-refractivity contribution in [3.8, 4) is 0 Å². The summed E-state index contributed by atoms with van der Waals surface area (Å²) in [7, 11) is 0. The Bertz CT molecular complexity index is 529. The molecule has 1 unspecified atom stereocenters. The second-order valence-corrected chi connectivity index (χ2v) is 4.49. The van der Waals surface area contributed by atoms with Gasteiger partial charge in [-0.15, -0.1) is 0 Å². The van der Waals surface area contributed by atoms with Crippen molar-refractivity contribution in [3.05, 3.63) is 33.9 Å². The van der Waals surface area contributed by atoms with Crippen molar-refractivity contribution in [2.24, 2.45) is 0 Å². The first-order valence-corrected chi connectivity index (χ1v) is 5.63. The summed E-state index contributed by atoms with van der Waals surface area (Å²) in [6.07, 6.45) is 0.473. The fourth-order valence-electron chi connectivity index (χ4n) is 2.07. The van der Waals surface area contributed by atoms with Gasteiger partial charge < -0.3 is 14.9 Å². The molecule has 1 aliphatic rings. The standard InChI is InChI=1S/C13H14O5/c1-6-3-10(12(14)15)11(13(16)17)9(7(6)2)4-8-5-18-8/h3,8H,4-5H2,1-2H3,(H,14,15)(H,16,17). The number of benzene rings is 1. The molecular weight excluding hydrogens is 236 g/mol. The average molecular weight is 250 g/mol. The van der Waals surface area contributed by atoms with E-state index in [0.29, 0.717) is 18.6 Å². The summed E-state index contributed by atoms with van der Waals surface area (Å²) in [5.41, 5.74) is 1.92.